The fourth-order valence-electron chi connectivity index (χ4n) is 2.66. The number of sulfonamides is 1. The van der Waals surface area contributed by atoms with E-state index in [4.69, 9.17) is 0 Å². The molecular weight excluding hydrogens is 298 g/mol. The number of nitrogens with one attached hydrogen (secondary N) is 2. The Labute approximate surface area is 124 Å². The molecule has 0 radical (unpaired) electrons. The Bertz CT molecular complexity index is 552. The van der Waals surface area contributed by atoms with Crippen LogP contribution in [-0.2, 0) is 10.0 Å². The van der Waals surface area contributed by atoms with E-state index in [0.717, 1.165) is 37.8 Å². The third-order valence-electron chi connectivity index (χ3n) is 3.75. The fourth-order valence-corrected chi connectivity index (χ4v) is 3.87. The van der Waals surface area contributed by atoms with Gasteiger partial charge in [0.2, 0.25) is 10.0 Å². The molecule has 0 spiro atoms. The van der Waals surface area contributed by atoms with E-state index in [1.807, 2.05) is 0 Å². The molecule has 1 aromatic rings. The zero-order valence-corrected chi connectivity index (χ0v) is 12.7. The summed E-state index contributed by atoms with van der Waals surface area (Å²) in [6.07, 6.45) is 4.34. The lowest BCUT2D eigenvalue weighted by Crippen LogP contribution is -3.12. The van der Waals surface area contributed by atoms with E-state index in [9.17, 15) is 17.2 Å². The first-order valence-electron chi connectivity index (χ1n) is 7.28. The smallest absolute Gasteiger partial charge is 0.246 e. The van der Waals surface area contributed by atoms with Crippen LogP contribution in [0.3, 0.4) is 0 Å². The van der Waals surface area contributed by atoms with Crippen molar-refractivity contribution in [1.82, 2.24) is 4.72 Å². The number of benzene rings is 1. The van der Waals surface area contributed by atoms with Crippen LogP contribution in [0.5, 0.6) is 0 Å². The van der Waals surface area contributed by atoms with Crippen LogP contribution in [0.25, 0.3) is 0 Å². The average molecular weight is 319 g/mol. The van der Waals surface area contributed by atoms with Gasteiger partial charge in [0.15, 0.2) is 4.90 Å². The Morgan fingerprint density at radius 1 is 1.10 bits per heavy atom. The predicted molar refractivity (Wildman–Crippen MR) is 75.6 cm³/mol. The highest BCUT2D eigenvalue weighted by Gasteiger charge is 2.23. The van der Waals surface area contributed by atoms with E-state index in [1.54, 1.807) is 0 Å². The van der Waals surface area contributed by atoms with Gasteiger partial charge in [0.25, 0.3) is 0 Å². The number of piperidine rings is 1. The van der Waals surface area contributed by atoms with Crippen LogP contribution in [-0.4, -0.2) is 34.6 Å². The van der Waals surface area contributed by atoms with Crippen molar-refractivity contribution in [3.05, 3.63) is 29.8 Å². The first-order chi connectivity index (χ1) is 10.0. The van der Waals surface area contributed by atoms with E-state index in [-0.39, 0.29) is 6.54 Å². The second-order valence-electron chi connectivity index (χ2n) is 5.36. The molecule has 0 atom stereocenters. The SMILES string of the molecule is O=S(=O)(NCCC[NH+]1CCCCC1)c1c(F)cccc1F. The number of rotatable bonds is 6. The van der Waals surface area contributed by atoms with Gasteiger partial charge in [-0.25, -0.2) is 21.9 Å². The van der Waals surface area contributed by atoms with Gasteiger partial charge in [0.1, 0.15) is 11.6 Å². The summed E-state index contributed by atoms with van der Waals surface area (Å²) in [5, 5.41) is 0. The lowest BCUT2D eigenvalue weighted by Gasteiger charge is -2.23. The largest absolute Gasteiger partial charge is 0.335 e. The van der Waals surface area contributed by atoms with Gasteiger partial charge in [-0.1, -0.05) is 6.07 Å². The third kappa shape index (κ3) is 4.46. The summed E-state index contributed by atoms with van der Waals surface area (Å²) < 4.78 is 53.1. The van der Waals surface area contributed by atoms with Crippen molar-refractivity contribution in [3.8, 4) is 0 Å². The zero-order chi connectivity index (χ0) is 15.3. The molecule has 0 aromatic heterocycles. The number of likely N-dealkylation sites (tertiary alicyclic amines) is 1. The Balaban J connectivity index is 1.86. The molecule has 1 aliphatic rings. The van der Waals surface area contributed by atoms with Gasteiger partial charge in [-0.2, -0.15) is 0 Å². The van der Waals surface area contributed by atoms with Gasteiger partial charge in [0.05, 0.1) is 19.6 Å². The molecule has 0 aliphatic carbocycles. The van der Waals surface area contributed by atoms with E-state index >= 15 is 0 Å². The normalized spacial score (nSPS) is 17.0. The quantitative estimate of drug-likeness (QED) is 0.759. The van der Waals surface area contributed by atoms with Crippen molar-refractivity contribution in [2.45, 2.75) is 30.6 Å². The molecule has 1 aromatic carbocycles. The van der Waals surface area contributed by atoms with Crippen LogP contribution < -0.4 is 9.62 Å². The van der Waals surface area contributed by atoms with Crippen molar-refractivity contribution in [3.63, 3.8) is 0 Å². The minimum absolute atomic E-state index is 0.194. The molecule has 2 rings (SSSR count). The van der Waals surface area contributed by atoms with Gasteiger partial charge in [-0.3, -0.25) is 0 Å². The summed E-state index contributed by atoms with van der Waals surface area (Å²) in [5.74, 6) is -2.13. The van der Waals surface area contributed by atoms with Crippen molar-refractivity contribution in [2.24, 2.45) is 0 Å². The summed E-state index contributed by atoms with van der Waals surface area (Å²) >= 11 is 0. The highest BCUT2D eigenvalue weighted by Crippen LogP contribution is 2.17. The standard InChI is InChI=1S/C14H20F2N2O2S/c15-12-6-4-7-13(16)14(12)21(19,20)17-8-5-11-18-9-2-1-3-10-18/h4,6-7,17H,1-3,5,8-11H2/p+1. The van der Waals surface area contributed by atoms with E-state index < -0.39 is 26.6 Å². The summed E-state index contributed by atoms with van der Waals surface area (Å²) in [4.78, 5) is 0.577. The Kier molecular flexibility index (Phi) is 5.66. The minimum Gasteiger partial charge on any atom is -0.335 e. The van der Waals surface area contributed by atoms with Crippen molar-refractivity contribution in [1.29, 1.82) is 0 Å². The molecule has 0 unspecified atom stereocenters. The molecule has 1 aliphatic heterocycles. The summed E-state index contributed by atoms with van der Waals surface area (Å²) in [5.41, 5.74) is 0. The fraction of sp³-hybridized carbons (Fsp3) is 0.571. The topological polar surface area (TPSA) is 50.6 Å². The maximum Gasteiger partial charge on any atom is 0.246 e. The van der Waals surface area contributed by atoms with E-state index in [0.29, 0.717) is 6.42 Å². The summed E-state index contributed by atoms with van der Waals surface area (Å²) in [6.45, 7) is 3.31. The molecule has 1 saturated heterocycles. The van der Waals surface area contributed by atoms with Crippen molar-refractivity contribution < 1.29 is 22.1 Å². The average Bonchev–Trinajstić information content (AvgIpc) is 2.44. The molecule has 0 bridgehead atoms. The predicted octanol–water partition coefficient (Wildman–Crippen LogP) is 0.702. The van der Waals surface area contributed by atoms with Gasteiger partial charge in [-0.05, 0) is 31.4 Å². The molecule has 2 N–H and O–H groups in total. The second-order valence-corrected chi connectivity index (χ2v) is 7.07. The van der Waals surface area contributed by atoms with Crippen molar-refractivity contribution in [2.75, 3.05) is 26.2 Å². The van der Waals surface area contributed by atoms with Crippen LogP contribution in [0.1, 0.15) is 25.7 Å². The molecule has 0 saturated carbocycles. The molecule has 21 heavy (non-hydrogen) atoms. The monoisotopic (exact) mass is 319 g/mol. The molecule has 4 nitrogen and oxygen atoms in total. The Hall–Kier alpha value is -1.05. The maximum absolute atomic E-state index is 13.5. The highest BCUT2D eigenvalue weighted by molar-refractivity contribution is 7.89. The third-order valence-corrected chi connectivity index (χ3v) is 5.26. The van der Waals surface area contributed by atoms with E-state index in [2.05, 4.69) is 4.72 Å². The van der Waals surface area contributed by atoms with Gasteiger partial charge < -0.3 is 4.90 Å². The second kappa shape index (κ2) is 7.29. The molecule has 7 heteroatoms. The molecule has 1 heterocycles. The molecule has 118 valence electrons. The Morgan fingerprint density at radius 2 is 1.71 bits per heavy atom. The zero-order valence-electron chi connectivity index (χ0n) is 11.9. The summed E-state index contributed by atoms with van der Waals surface area (Å²) in [7, 11) is -4.13. The van der Waals surface area contributed by atoms with Crippen molar-refractivity contribution >= 4 is 10.0 Å². The minimum atomic E-state index is -4.13. The highest BCUT2D eigenvalue weighted by atomic mass is 32.2. The first-order valence-corrected chi connectivity index (χ1v) is 8.76. The number of hydrogen-bond donors (Lipinski definition) is 2. The van der Waals surface area contributed by atoms with Crippen LogP contribution >= 0.6 is 0 Å². The number of hydrogen-bond acceptors (Lipinski definition) is 2. The van der Waals surface area contributed by atoms with Crippen LogP contribution in [0.4, 0.5) is 8.78 Å². The van der Waals surface area contributed by atoms with Crippen LogP contribution in [0.15, 0.2) is 23.1 Å². The van der Waals surface area contributed by atoms with Crippen LogP contribution in [0.2, 0.25) is 0 Å². The van der Waals surface area contributed by atoms with Crippen LogP contribution in [0, 0.1) is 11.6 Å². The molecule has 0 amide bonds. The lowest BCUT2D eigenvalue weighted by molar-refractivity contribution is -0.904. The Morgan fingerprint density at radius 3 is 2.33 bits per heavy atom. The first kappa shape index (κ1) is 16.3. The summed E-state index contributed by atoms with van der Waals surface area (Å²) in [6, 6.07) is 3.02. The number of halogens is 2. The maximum atomic E-state index is 13.5. The molecule has 1 fully saturated rings. The molecular formula is C14H21F2N2O2S+. The van der Waals surface area contributed by atoms with Gasteiger partial charge >= 0.3 is 0 Å². The van der Waals surface area contributed by atoms with E-state index in [1.165, 1.54) is 24.2 Å². The van der Waals surface area contributed by atoms with Gasteiger partial charge in [0, 0.05) is 13.0 Å². The van der Waals surface area contributed by atoms with Gasteiger partial charge in [-0.15, -0.1) is 0 Å². The lowest BCUT2D eigenvalue weighted by atomic mass is 10.1. The number of quaternary nitrogens is 1.